The Morgan fingerprint density at radius 3 is 2.40 bits per heavy atom. The normalized spacial score (nSPS) is 36.2. The monoisotopic (exact) mass is 686 g/mol. The maximum Gasteiger partial charge on any atom is 0.307 e. The summed E-state index contributed by atoms with van der Waals surface area (Å²) in [7, 11) is 1.88. The van der Waals surface area contributed by atoms with Crippen LogP contribution in [0.2, 0.25) is 0 Å². The Kier molecular flexibility index (Phi) is 9.60. The first kappa shape index (κ1) is 36.9. The number of Topliss-reactive ketones (excluding diaryl/α,β-unsaturated/α-hetero) is 1. The molecule has 1 aromatic heterocycles. The second-order valence-corrected chi connectivity index (χ2v) is 19.2. The standard InChI is InChI=1S/C43H62N2O5/c1-27(2)36-31(47)23-43(20-22-45(9)38(49)28-11-10-21-44-25-28)19-14-30-29(37(36)43)12-13-33-41(30,7)17-15-32-40(5,6)34(16-18-42(32,33)8)50-35(48)24-39(3,4)26-46/h10-11,21,25-27,29-30,32-34H,12-20,22-24H2,1-9H3. The molecule has 4 fully saturated rings. The SMILES string of the molecule is CC(C)C1=C2C3CCC4C(C)(CCC5C(C)(C)C(OC(=O)CC(C)(C)C=O)CCC54C)C3CCC2(CCN(C)C(=O)c2cccnc2)CC1=O. The van der Waals surface area contributed by atoms with Gasteiger partial charge in [-0.25, -0.2) is 0 Å². The number of nitrogens with zero attached hydrogens (tertiary/aromatic N) is 2. The molecule has 5 aliphatic carbocycles. The lowest BCUT2D eigenvalue weighted by molar-refractivity contribution is -0.213. The van der Waals surface area contributed by atoms with Gasteiger partial charge < -0.3 is 14.4 Å². The van der Waals surface area contributed by atoms with Crippen LogP contribution >= 0.6 is 0 Å². The van der Waals surface area contributed by atoms with Gasteiger partial charge in [-0.1, -0.05) is 61.0 Å². The summed E-state index contributed by atoms with van der Waals surface area (Å²) in [6.07, 6.45) is 14.2. The Morgan fingerprint density at radius 2 is 1.74 bits per heavy atom. The van der Waals surface area contributed by atoms with Crippen molar-refractivity contribution >= 4 is 23.9 Å². The van der Waals surface area contributed by atoms with E-state index in [2.05, 4.69) is 46.5 Å². The summed E-state index contributed by atoms with van der Waals surface area (Å²) < 4.78 is 6.20. The number of carbonyl (C=O) groups excluding carboxylic acids is 4. The third-order valence-electron chi connectivity index (χ3n) is 15.0. The second kappa shape index (κ2) is 13.0. The summed E-state index contributed by atoms with van der Waals surface area (Å²) in [6, 6.07) is 3.62. The van der Waals surface area contributed by atoms with E-state index < -0.39 is 5.41 Å². The lowest BCUT2D eigenvalue weighted by atomic mass is 9.36. The van der Waals surface area contributed by atoms with Crippen LogP contribution in [0.3, 0.4) is 0 Å². The fourth-order valence-electron chi connectivity index (χ4n) is 12.7. The van der Waals surface area contributed by atoms with Crippen molar-refractivity contribution in [2.45, 2.75) is 132 Å². The van der Waals surface area contributed by atoms with Gasteiger partial charge in [0.15, 0.2) is 5.78 Å². The Morgan fingerprint density at radius 1 is 1.02 bits per heavy atom. The van der Waals surface area contributed by atoms with Gasteiger partial charge in [-0.05, 0) is 116 Å². The zero-order chi connectivity index (χ0) is 36.4. The van der Waals surface area contributed by atoms with E-state index in [4.69, 9.17) is 4.74 Å². The second-order valence-electron chi connectivity index (χ2n) is 19.2. The minimum atomic E-state index is -0.713. The van der Waals surface area contributed by atoms with Crippen LogP contribution in [0.15, 0.2) is 35.7 Å². The van der Waals surface area contributed by atoms with Crippen LogP contribution in [0.25, 0.3) is 0 Å². The van der Waals surface area contributed by atoms with Crippen LogP contribution in [0.5, 0.6) is 0 Å². The molecule has 6 rings (SSSR count). The highest BCUT2D eigenvalue weighted by molar-refractivity contribution is 6.00. The number of amides is 1. The van der Waals surface area contributed by atoms with Gasteiger partial charge in [0.1, 0.15) is 12.4 Å². The molecule has 1 heterocycles. The Balaban J connectivity index is 1.24. The minimum Gasteiger partial charge on any atom is -0.462 e. The van der Waals surface area contributed by atoms with Gasteiger partial charge >= 0.3 is 5.97 Å². The van der Waals surface area contributed by atoms with Crippen molar-refractivity contribution < 1.29 is 23.9 Å². The summed E-state index contributed by atoms with van der Waals surface area (Å²) in [6.45, 7) is 18.4. The number of hydrogen-bond acceptors (Lipinski definition) is 6. The molecule has 8 unspecified atom stereocenters. The van der Waals surface area contributed by atoms with Gasteiger partial charge in [0.25, 0.3) is 5.91 Å². The fourth-order valence-corrected chi connectivity index (χ4v) is 12.7. The number of allylic oxidation sites excluding steroid dienone is 2. The number of esters is 1. The van der Waals surface area contributed by atoms with Crippen molar-refractivity contribution in [3.8, 4) is 0 Å². The van der Waals surface area contributed by atoms with E-state index in [0.29, 0.717) is 48.0 Å². The molecule has 50 heavy (non-hydrogen) atoms. The van der Waals surface area contributed by atoms with Crippen LogP contribution < -0.4 is 0 Å². The zero-order valence-corrected chi connectivity index (χ0v) is 32.3. The van der Waals surface area contributed by atoms with E-state index in [-0.39, 0.29) is 52.0 Å². The summed E-state index contributed by atoms with van der Waals surface area (Å²) in [4.78, 5) is 57.7. The maximum absolute atomic E-state index is 13.9. The van der Waals surface area contributed by atoms with Crippen LogP contribution in [0.4, 0.5) is 0 Å². The number of rotatable bonds is 9. The van der Waals surface area contributed by atoms with E-state index in [9.17, 15) is 19.2 Å². The predicted molar refractivity (Wildman–Crippen MR) is 195 cm³/mol. The van der Waals surface area contributed by atoms with Crippen molar-refractivity contribution in [2.24, 2.45) is 56.7 Å². The molecule has 0 aromatic carbocycles. The van der Waals surface area contributed by atoms with Crippen molar-refractivity contribution in [1.82, 2.24) is 9.88 Å². The number of aldehydes is 1. The van der Waals surface area contributed by atoms with Crippen LogP contribution in [-0.2, 0) is 19.1 Å². The molecule has 0 aliphatic heterocycles. The summed E-state index contributed by atoms with van der Waals surface area (Å²) in [5.74, 6) is 2.25. The highest BCUT2D eigenvalue weighted by Crippen LogP contribution is 2.73. The predicted octanol–water partition coefficient (Wildman–Crippen LogP) is 8.66. The van der Waals surface area contributed by atoms with Gasteiger partial charge in [-0.15, -0.1) is 0 Å². The lowest BCUT2D eigenvalue weighted by Gasteiger charge is -2.69. The molecule has 8 atom stereocenters. The zero-order valence-electron chi connectivity index (χ0n) is 32.3. The molecule has 1 aromatic rings. The van der Waals surface area contributed by atoms with Gasteiger partial charge in [-0.2, -0.15) is 0 Å². The number of pyridine rings is 1. The number of ketones is 1. The highest BCUT2D eigenvalue weighted by Gasteiger charge is 2.66. The topological polar surface area (TPSA) is 93.6 Å². The molecule has 5 aliphatic rings. The smallest absolute Gasteiger partial charge is 0.307 e. The fraction of sp³-hybridized carbons (Fsp3) is 0.744. The number of aromatic nitrogens is 1. The Hall–Kier alpha value is -2.83. The minimum absolute atomic E-state index is 0.0163. The molecule has 7 heteroatoms. The van der Waals surface area contributed by atoms with Gasteiger partial charge in [0, 0.05) is 48.7 Å². The molecule has 0 saturated heterocycles. The van der Waals surface area contributed by atoms with Gasteiger partial charge in [0.2, 0.25) is 0 Å². The number of carbonyl (C=O) groups is 4. The summed E-state index contributed by atoms with van der Waals surface area (Å²) in [5.41, 5.74) is 2.48. The molecule has 0 bridgehead atoms. The third kappa shape index (κ3) is 6.00. The number of hydrogen-bond donors (Lipinski definition) is 0. The van der Waals surface area contributed by atoms with Crippen molar-refractivity contribution in [3.63, 3.8) is 0 Å². The van der Waals surface area contributed by atoms with Crippen molar-refractivity contribution in [1.29, 1.82) is 0 Å². The molecule has 0 spiro atoms. The van der Waals surface area contributed by atoms with Crippen LogP contribution in [0.1, 0.15) is 136 Å². The highest BCUT2D eigenvalue weighted by atomic mass is 16.5. The van der Waals surface area contributed by atoms with E-state index >= 15 is 0 Å². The molecule has 274 valence electrons. The van der Waals surface area contributed by atoms with Gasteiger partial charge in [-0.3, -0.25) is 19.4 Å². The Labute approximate surface area is 300 Å². The van der Waals surface area contributed by atoms with Crippen molar-refractivity contribution in [2.75, 3.05) is 13.6 Å². The van der Waals surface area contributed by atoms with Crippen molar-refractivity contribution in [3.05, 3.63) is 41.2 Å². The summed E-state index contributed by atoms with van der Waals surface area (Å²) >= 11 is 0. The van der Waals surface area contributed by atoms with E-state index in [1.54, 1.807) is 32.3 Å². The first-order chi connectivity index (χ1) is 23.4. The molecule has 4 saturated carbocycles. The molecular weight excluding hydrogens is 624 g/mol. The molecule has 7 nitrogen and oxygen atoms in total. The Bertz CT molecular complexity index is 1540. The van der Waals surface area contributed by atoms with Crippen LogP contribution in [0, 0.1) is 56.7 Å². The molecule has 1 amide bonds. The maximum atomic E-state index is 13.9. The number of fused-ring (bicyclic) bond motifs is 7. The molecular formula is C43H62N2O5. The van der Waals surface area contributed by atoms with E-state index in [1.807, 2.05) is 18.0 Å². The van der Waals surface area contributed by atoms with Gasteiger partial charge in [0.05, 0.1) is 12.0 Å². The number of ether oxygens (including phenoxy) is 1. The average molecular weight is 687 g/mol. The average Bonchev–Trinajstić information content (AvgIpc) is 3.37. The first-order valence-corrected chi connectivity index (χ1v) is 19.5. The first-order valence-electron chi connectivity index (χ1n) is 19.5. The van der Waals surface area contributed by atoms with E-state index in [1.165, 1.54) is 5.57 Å². The summed E-state index contributed by atoms with van der Waals surface area (Å²) in [5, 5.41) is 0. The third-order valence-corrected chi connectivity index (χ3v) is 15.0. The van der Waals surface area contributed by atoms with E-state index in [0.717, 1.165) is 69.6 Å². The quantitative estimate of drug-likeness (QED) is 0.191. The van der Waals surface area contributed by atoms with Crippen LogP contribution in [-0.4, -0.2) is 53.5 Å². The molecule has 0 N–H and O–H groups in total. The lowest BCUT2D eigenvalue weighted by Crippen LogP contribution is -2.63. The molecule has 0 radical (unpaired) electrons. The largest absolute Gasteiger partial charge is 0.462 e.